The summed E-state index contributed by atoms with van der Waals surface area (Å²) in [4.78, 5) is 14.0. The summed E-state index contributed by atoms with van der Waals surface area (Å²) in [5.74, 6) is 0.232. The van der Waals surface area contributed by atoms with Gasteiger partial charge in [-0.15, -0.1) is 0 Å². The molecule has 0 bridgehead atoms. The Kier molecular flexibility index (Phi) is 4.78. The Balaban J connectivity index is 2.01. The number of thiophene rings is 1. The number of amides is 1. The molecule has 0 aromatic carbocycles. The first-order valence-electron chi connectivity index (χ1n) is 6.80. The molecule has 1 N–H and O–H groups in total. The van der Waals surface area contributed by atoms with Gasteiger partial charge in [0, 0.05) is 6.04 Å². The topological polar surface area (TPSA) is 32.3 Å². The number of carbonyl (C=O) groups excluding carboxylic acids is 1. The van der Waals surface area contributed by atoms with Crippen LogP contribution in [0.15, 0.2) is 16.8 Å². The molecule has 2 unspecified atom stereocenters. The van der Waals surface area contributed by atoms with Gasteiger partial charge in [0.25, 0.3) is 0 Å². The van der Waals surface area contributed by atoms with Crippen LogP contribution in [0.25, 0.3) is 0 Å². The van der Waals surface area contributed by atoms with Crippen LogP contribution >= 0.6 is 11.3 Å². The number of nitrogens with zero attached hydrogens (tertiary/aromatic N) is 1. The Morgan fingerprint density at radius 3 is 3.06 bits per heavy atom. The van der Waals surface area contributed by atoms with Crippen molar-refractivity contribution in [2.45, 2.75) is 51.7 Å². The van der Waals surface area contributed by atoms with Crippen LogP contribution in [0.4, 0.5) is 0 Å². The maximum Gasteiger partial charge on any atom is 0.238 e. The molecule has 0 aliphatic carbocycles. The Morgan fingerprint density at radius 1 is 1.56 bits per heavy atom. The lowest BCUT2D eigenvalue weighted by Crippen LogP contribution is -2.37. The van der Waals surface area contributed by atoms with Crippen molar-refractivity contribution in [3.05, 3.63) is 22.4 Å². The summed E-state index contributed by atoms with van der Waals surface area (Å²) in [5, 5.41) is 7.51. The summed E-state index contributed by atoms with van der Waals surface area (Å²) in [6.45, 7) is 4.85. The van der Waals surface area contributed by atoms with Crippen LogP contribution < -0.4 is 5.32 Å². The van der Waals surface area contributed by atoms with Crippen LogP contribution in [0.1, 0.15) is 51.3 Å². The zero-order valence-corrected chi connectivity index (χ0v) is 12.0. The summed E-state index contributed by atoms with van der Waals surface area (Å²) < 4.78 is 0. The van der Waals surface area contributed by atoms with E-state index in [1.54, 1.807) is 11.3 Å². The number of hydrogen-bond donors (Lipinski definition) is 1. The quantitative estimate of drug-likeness (QED) is 0.802. The zero-order valence-electron chi connectivity index (χ0n) is 11.2. The van der Waals surface area contributed by atoms with Gasteiger partial charge >= 0.3 is 0 Å². The fraction of sp³-hybridized carbons (Fsp3) is 0.643. The van der Waals surface area contributed by atoms with Crippen molar-refractivity contribution in [2.75, 3.05) is 6.54 Å². The SMILES string of the molecule is CCCCCC(C)N1C(=O)CNC1c1ccsc1. The number of hydrogen-bond acceptors (Lipinski definition) is 3. The fourth-order valence-corrected chi connectivity index (χ4v) is 3.23. The second-order valence-corrected chi connectivity index (χ2v) is 5.77. The Morgan fingerprint density at radius 2 is 2.39 bits per heavy atom. The van der Waals surface area contributed by atoms with Crippen LogP contribution in [0.5, 0.6) is 0 Å². The predicted octanol–water partition coefficient (Wildman–Crippen LogP) is 3.15. The van der Waals surface area contributed by atoms with E-state index in [1.165, 1.54) is 24.8 Å². The molecule has 1 saturated heterocycles. The van der Waals surface area contributed by atoms with Crippen molar-refractivity contribution in [1.82, 2.24) is 10.2 Å². The minimum atomic E-state index is 0.0837. The van der Waals surface area contributed by atoms with E-state index in [9.17, 15) is 4.79 Å². The molecule has 1 aromatic heterocycles. The fourth-order valence-electron chi connectivity index (χ4n) is 2.56. The second-order valence-electron chi connectivity index (χ2n) is 4.99. The first-order valence-corrected chi connectivity index (χ1v) is 7.75. The van der Waals surface area contributed by atoms with E-state index in [0.29, 0.717) is 12.6 Å². The molecular formula is C14H22N2OS. The number of rotatable bonds is 6. The molecule has 2 rings (SSSR count). The Bertz CT molecular complexity index is 377. The van der Waals surface area contributed by atoms with Gasteiger partial charge in [-0.3, -0.25) is 10.1 Å². The highest BCUT2D eigenvalue weighted by atomic mass is 32.1. The third kappa shape index (κ3) is 2.93. The van der Waals surface area contributed by atoms with Gasteiger partial charge < -0.3 is 4.90 Å². The van der Waals surface area contributed by atoms with E-state index < -0.39 is 0 Å². The first-order chi connectivity index (χ1) is 8.74. The van der Waals surface area contributed by atoms with Crippen LogP contribution in [-0.4, -0.2) is 23.4 Å². The van der Waals surface area contributed by atoms with Gasteiger partial charge in [-0.25, -0.2) is 0 Å². The Hall–Kier alpha value is -0.870. The number of unbranched alkanes of at least 4 members (excludes halogenated alkanes) is 2. The van der Waals surface area contributed by atoms with Crippen molar-refractivity contribution in [3.8, 4) is 0 Å². The third-order valence-electron chi connectivity index (χ3n) is 3.57. The van der Waals surface area contributed by atoms with E-state index in [0.717, 1.165) is 6.42 Å². The van der Waals surface area contributed by atoms with Crippen molar-refractivity contribution < 1.29 is 4.79 Å². The van der Waals surface area contributed by atoms with Crippen LogP contribution in [0.2, 0.25) is 0 Å². The van der Waals surface area contributed by atoms with Crippen molar-refractivity contribution in [1.29, 1.82) is 0 Å². The second kappa shape index (κ2) is 6.34. The average molecular weight is 266 g/mol. The normalized spacial score (nSPS) is 21.6. The molecule has 1 fully saturated rings. The Labute approximate surface area is 113 Å². The third-order valence-corrected chi connectivity index (χ3v) is 4.27. The maximum atomic E-state index is 12.0. The molecule has 0 spiro atoms. The lowest BCUT2D eigenvalue weighted by atomic mass is 10.1. The number of nitrogens with one attached hydrogen (secondary N) is 1. The molecule has 1 aliphatic rings. The molecule has 2 heterocycles. The highest BCUT2D eigenvalue weighted by Crippen LogP contribution is 2.27. The van der Waals surface area contributed by atoms with Gasteiger partial charge in [-0.1, -0.05) is 26.2 Å². The van der Waals surface area contributed by atoms with E-state index in [4.69, 9.17) is 0 Å². The van der Waals surface area contributed by atoms with Gasteiger partial charge in [0.05, 0.1) is 6.54 Å². The van der Waals surface area contributed by atoms with E-state index >= 15 is 0 Å². The highest BCUT2D eigenvalue weighted by Gasteiger charge is 2.34. The van der Waals surface area contributed by atoms with Crippen LogP contribution in [0, 0.1) is 0 Å². The van der Waals surface area contributed by atoms with Gasteiger partial charge in [0.1, 0.15) is 6.17 Å². The zero-order chi connectivity index (χ0) is 13.0. The monoisotopic (exact) mass is 266 g/mol. The van der Waals surface area contributed by atoms with Gasteiger partial charge in [0.2, 0.25) is 5.91 Å². The molecule has 3 nitrogen and oxygen atoms in total. The van der Waals surface area contributed by atoms with Crippen LogP contribution in [0.3, 0.4) is 0 Å². The summed E-state index contributed by atoms with van der Waals surface area (Å²) in [7, 11) is 0. The molecule has 1 amide bonds. The molecule has 0 saturated carbocycles. The standard InChI is InChI=1S/C14H22N2OS/c1-3-4-5-6-11(2)16-13(17)9-15-14(16)12-7-8-18-10-12/h7-8,10-11,14-15H,3-6,9H2,1-2H3. The van der Waals surface area contributed by atoms with Crippen LogP contribution in [-0.2, 0) is 4.79 Å². The molecule has 1 aromatic rings. The summed E-state index contributed by atoms with van der Waals surface area (Å²) >= 11 is 1.68. The van der Waals surface area contributed by atoms with Crippen molar-refractivity contribution in [3.63, 3.8) is 0 Å². The minimum Gasteiger partial charge on any atom is -0.319 e. The molecule has 0 radical (unpaired) electrons. The van der Waals surface area contributed by atoms with E-state index in [1.807, 2.05) is 4.90 Å². The highest BCUT2D eigenvalue weighted by molar-refractivity contribution is 7.07. The largest absolute Gasteiger partial charge is 0.319 e. The summed E-state index contributed by atoms with van der Waals surface area (Å²) in [6.07, 6.45) is 4.87. The molecule has 2 atom stereocenters. The maximum absolute atomic E-state index is 12.0. The summed E-state index contributed by atoms with van der Waals surface area (Å²) in [5.41, 5.74) is 1.22. The molecule has 100 valence electrons. The minimum absolute atomic E-state index is 0.0837. The lowest BCUT2D eigenvalue weighted by Gasteiger charge is -2.30. The smallest absolute Gasteiger partial charge is 0.238 e. The molecular weight excluding hydrogens is 244 g/mol. The first kappa shape index (κ1) is 13.6. The van der Waals surface area contributed by atoms with Gasteiger partial charge in [-0.05, 0) is 35.7 Å². The molecule has 1 aliphatic heterocycles. The average Bonchev–Trinajstić information content (AvgIpc) is 2.97. The predicted molar refractivity (Wildman–Crippen MR) is 75.5 cm³/mol. The van der Waals surface area contributed by atoms with Crippen molar-refractivity contribution in [2.24, 2.45) is 0 Å². The number of carbonyl (C=O) groups is 1. The van der Waals surface area contributed by atoms with E-state index in [-0.39, 0.29) is 12.1 Å². The summed E-state index contributed by atoms with van der Waals surface area (Å²) in [6, 6.07) is 2.43. The molecule has 18 heavy (non-hydrogen) atoms. The van der Waals surface area contributed by atoms with Gasteiger partial charge in [0.15, 0.2) is 0 Å². The lowest BCUT2D eigenvalue weighted by molar-refractivity contribution is -0.130. The molecule has 4 heteroatoms. The van der Waals surface area contributed by atoms with Crippen molar-refractivity contribution >= 4 is 17.2 Å². The van der Waals surface area contributed by atoms with E-state index in [2.05, 4.69) is 36.0 Å². The van der Waals surface area contributed by atoms with Gasteiger partial charge in [-0.2, -0.15) is 11.3 Å².